The Morgan fingerprint density at radius 3 is 2.57 bits per heavy atom. The predicted molar refractivity (Wildman–Crippen MR) is 88.0 cm³/mol. The Balaban J connectivity index is 1.94. The van der Waals surface area contributed by atoms with Crippen LogP contribution >= 0.6 is 11.3 Å². The molecule has 0 aromatic carbocycles. The van der Waals surface area contributed by atoms with Crippen molar-refractivity contribution < 1.29 is 4.79 Å². The van der Waals surface area contributed by atoms with Gasteiger partial charge in [0, 0.05) is 19.0 Å². The molecule has 1 aromatic rings. The number of piperidine rings is 1. The summed E-state index contributed by atoms with van der Waals surface area (Å²) in [5.41, 5.74) is 0.00965. The Morgan fingerprint density at radius 1 is 1.43 bits per heavy atom. The number of thiazole rings is 1. The summed E-state index contributed by atoms with van der Waals surface area (Å²) < 4.78 is 0. The lowest BCUT2D eigenvalue weighted by molar-refractivity contribution is 0.0751. The molecule has 1 saturated heterocycles. The van der Waals surface area contributed by atoms with Crippen LogP contribution in [-0.4, -0.2) is 54.4 Å². The zero-order valence-corrected chi connectivity index (χ0v) is 14.7. The molecule has 5 heteroatoms. The van der Waals surface area contributed by atoms with Gasteiger partial charge in [0.15, 0.2) is 0 Å². The molecule has 1 aromatic heterocycles. The van der Waals surface area contributed by atoms with Crippen molar-refractivity contribution in [3.63, 3.8) is 0 Å². The molecule has 0 unspecified atom stereocenters. The number of amides is 1. The van der Waals surface area contributed by atoms with Gasteiger partial charge in [0.2, 0.25) is 0 Å². The summed E-state index contributed by atoms with van der Waals surface area (Å²) in [7, 11) is 4.08. The molecule has 21 heavy (non-hydrogen) atoms. The standard InChI is InChI=1S/C16H27N3OS/c1-16(2,3)15-17-10-13(21-15)14(20)19(5)11-12-6-8-18(4)9-7-12/h10,12H,6-9,11H2,1-5H3. The third-order valence-electron chi connectivity index (χ3n) is 4.07. The first-order valence-electron chi connectivity index (χ1n) is 7.67. The molecule has 1 fully saturated rings. The highest BCUT2D eigenvalue weighted by molar-refractivity contribution is 7.13. The maximum Gasteiger partial charge on any atom is 0.265 e. The van der Waals surface area contributed by atoms with Gasteiger partial charge >= 0.3 is 0 Å². The Morgan fingerprint density at radius 2 is 2.05 bits per heavy atom. The van der Waals surface area contributed by atoms with Crippen molar-refractivity contribution in [2.24, 2.45) is 5.92 Å². The van der Waals surface area contributed by atoms with Crippen LogP contribution in [-0.2, 0) is 5.41 Å². The van der Waals surface area contributed by atoms with E-state index in [1.54, 1.807) is 6.20 Å². The van der Waals surface area contributed by atoms with Crippen LogP contribution in [0.2, 0.25) is 0 Å². The highest BCUT2D eigenvalue weighted by atomic mass is 32.1. The SMILES string of the molecule is CN1CCC(CN(C)C(=O)c2cnc(C(C)(C)C)s2)CC1. The van der Waals surface area contributed by atoms with E-state index in [9.17, 15) is 4.79 Å². The van der Waals surface area contributed by atoms with E-state index in [0.717, 1.165) is 29.5 Å². The monoisotopic (exact) mass is 309 g/mol. The molecule has 0 aliphatic carbocycles. The lowest BCUT2D eigenvalue weighted by Crippen LogP contribution is -2.37. The van der Waals surface area contributed by atoms with E-state index in [0.29, 0.717) is 5.92 Å². The molecule has 0 spiro atoms. The molecular formula is C16H27N3OS. The van der Waals surface area contributed by atoms with Gasteiger partial charge in [-0.2, -0.15) is 0 Å². The molecule has 2 heterocycles. The van der Waals surface area contributed by atoms with Crippen LogP contribution in [0.15, 0.2) is 6.20 Å². The van der Waals surface area contributed by atoms with Crippen molar-refractivity contribution in [2.75, 3.05) is 33.7 Å². The van der Waals surface area contributed by atoms with Gasteiger partial charge in [0.05, 0.1) is 11.2 Å². The molecule has 2 rings (SSSR count). The first kappa shape index (κ1) is 16.4. The first-order chi connectivity index (χ1) is 9.77. The number of hydrogen-bond acceptors (Lipinski definition) is 4. The summed E-state index contributed by atoms with van der Waals surface area (Å²) in [5, 5.41) is 1.03. The van der Waals surface area contributed by atoms with Crippen molar-refractivity contribution in [1.82, 2.24) is 14.8 Å². The van der Waals surface area contributed by atoms with Gasteiger partial charge in [-0.15, -0.1) is 11.3 Å². The number of carbonyl (C=O) groups excluding carboxylic acids is 1. The van der Waals surface area contributed by atoms with E-state index < -0.39 is 0 Å². The molecule has 0 radical (unpaired) electrons. The Hall–Kier alpha value is -0.940. The lowest BCUT2D eigenvalue weighted by atomic mass is 9.97. The van der Waals surface area contributed by atoms with Crippen LogP contribution < -0.4 is 0 Å². The van der Waals surface area contributed by atoms with Gasteiger partial charge in [-0.05, 0) is 38.9 Å². The van der Waals surface area contributed by atoms with E-state index in [1.807, 2.05) is 11.9 Å². The molecule has 1 aliphatic rings. The van der Waals surface area contributed by atoms with Crippen molar-refractivity contribution in [3.05, 3.63) is 16.1 Å². The van der Waals surface area contributed by atoms with E-state index in [2.05, 4.69) is 37.7 Å². The van der Waals surface area contributed by atoms with E-state index in [4.69, 9.17) is 0 Å². The van der Waals surface area contributed by atoms with Crippen molar-refractivity contribution in [3.8, 4) is 0 Å². The molecule has 0 saturated carbocycles. The highest BCUT2D eigenvalue weighted by Crippen LogP contribution is 2.27. The summed E-state index contributed by atoms with van der Waals surface area (Å²) in [6.45, 7) is 9.52. The van der Waals surface area contributed by atoms with Gasteiger partial charge in [-0.3, -0.25) is 4.79 Å². The first-order valence-corrected chi connectivity index (χ1v) is 8.49. The largest absolute Gasteiger partial charge is 0.341 e. The number of carbonyl (C=O) groups is 1. The number of rotatable bonds is 3. The van der Waals surface area contributed by atoms with Gasteiger partial charge in [0.25, 0.3) is 5.91 Å². The summed E-state index contributed by atoms with van der Waals surface area (Å²) >= 11 is 1.53. The van der Waals surface area contributed by atoms with Gasteiger partial charge in [0.1, 0.15) is 4.88 Å². The summed E-state index contributed by atoms with van der Waals surface area (Å²) in [4.78, 5) is 21.9. The zero-order chi connectivity index (χ0) is 15.6. The number of likely N-dealkylation sites (tertiary alicyclic amines) is 1. The average Bonchev–Trinajstić information content (AvgIpc) is 2.90. The second kappa shape index (κ2) is 6.44. The Labute approximate surface area is 132 Å². The third-order valence-corrected chi connectivity index (χ3v) is 5.49. The average molecular weight is 309 g/mol. The maximum atomic E-state index is 12.5. The number of hydrogen-bond donors (Lipinski definition) is 0. The fourth-order valence-electron chi connectivity index (χ4n) is 2.62. The highest BCUT2D eigenvalue weighted by Gasteiger charge is 2.24. The smallest absolute Gasteiger partial charge is 0.265 e. The van der Waals surface area contributed by atoms with Crippen molar-refractivity contribution >= 4 is 17.2 Å². The molecule has 0 atom stereocenters. The lowest BCUT2D eigenvalue weighted by Gasteiger charge is -2.31. The van der Waals surface area contributed by atoms with Crippen molar-refractivity contribution in [2.45, 2.75) is 39.0 Å². The van der Waals surface area contributed by atoms with E-state index in [-0.39, 0.29) is 11.3 Å². The predicted octanol–water partition coefficient (Wildman–Crippen LogP) is 2.85. The third kappa shape index (κ3) is 4.27. The minimum Gasteiger partial charge on any atom is -0.341 e. The minimum atomic E-state index is 0.00965. The molecule has 1 aliphatic heterocycles. The van der Waals surface area contributed by atoms with E-state index >= 15 is 0 Å². The van der Waals surface area contributed by atoms with Gasteiger partial charge in [-0.25, -0.2) is 4.98 Å². The fraction of sp³-hybridized carbons (Fsp3) is 0.750. The minimum absolute atomic E-state index is 0.00965. The maximum absolute atomic E-state index is 12.5. The second-order valence-electron chi connectivity index (χ2n) is 7.21. The molecule has 0 bridgehead atoms. The molecular weight excluding hydrogens is 282 g/mol. The number of nitrogens with zero attached hydrogens (tertiary/aromatic N) is 3. The normalized spacial score (nSPS) is 18.0. The van der Waals surface area contributed by atoms with Crippen molar-refractivity contribution in [1.29, 1.82) is 0 Å². The summed E-state index contributed by atoms with van der Waals surface area (Å²) in [6.07, 6.45) is 4.10. The van der Waals surface area contributed by atoms with Crippen LogP contribution in [0.5, 0.6) is 0 Å². The molecule has 4 nitrogen and oxygen atoms in total. The Kier molecular flexibility index (Phi) is 5.04. The molecule has 0 N–H and O–H groups in total. The second-order valence-corrected chi connectivity index (χ2v) is 8.24. The van der Waals surface area contributed by atoms with E-state index in [1.165, 1.54) is 24.2 Å². The van der Waals surface area contributed by atoms with Gasteiger partial charge in [-0.1, -0.05) is 20.8 Å². The van der Waals surface area contributed by atoms with Gasteiger partial charge < -0.3 is 9.80 Å². The van der Waals surface area contributed by atoms with Crippen LogP contribution in [0.3, 0.4) is 0 Å². The molecule has 118 valence electrons. The quantitative estimate of drug-likeness (QED) is 0.861. The summed E-state index contributed by atoms with van der Waals surface area (Å²) in [6, 6.07) is 0. The van der Waals surface area contributed by atoms with Crippen LogP contribution in [0.4, 0.5) is 0 Å². The van der Waals surface area contributed by atoms with Crippen LogP contribution in [0.1, 0.15) is 48.3 Å². The molecule has 1 amide bonds. The topological polar surface area (TPSA) is 36.4 Å². The van der Waals surface area contributed by atoms with Crippen LogP contribution in [0.25, 0.3) is 0 Å². The van der Waals surface area contributed by atoms with Crippen LogP contribution in [0, 0.1) is 5.92 Å². The number of aromatic nitrogens is 1. The fourth-order valence-corrected chi connectivity index (χ4v) is 3.59. The zero-order valence-electron chi connectivity index (χ0n) is 13.8. The summed E-state index contributed by atoms with van der Waals surface area (Å²) in [5.74, 6) is 0.743. The Bertz CT molecular complexity index is 484.